The summed E-state index contributed by atoms with van der Waals surface area (Å²) in [5.41, 5.74) is 2.75. The third kappa shape index (κ3) is 5.75. The number of amides is 1. The van der Waals surface area contributed by atoms with E-state index >= 15 is 0 Å². The molecule has 0 saturated heterocycles. The monoisotopic (exact) mass is 426 g/mol. The molecule has 1 amide bonds. The van der Waals surface area contributed by atoms with E-state index < -0.39 is 21.7 Å². The van der Waals surface area contributed by atoms with Gasteiger partial charge in [-0.15, -0.1) is 0 Å². The fourth-order valence-electron chi connectivity index (χ4n) is 3.01. The molecule has 0 unspecified atom stereocenters. The van der Waals surface area contributed by atoms with Crippen molar-refractivity contribution in [2.45, 2.75) is 24.9 Å². The van der Waals surface area contributed by atoms with Gasteiger partial charge in [-0.1, -0.05) is 60.2 Å². The molecule has 0 bridgehead atoms. The van der Waals surface area contributed by atoms with Crippen molar-refractivity contribution in [3.05, 3.63) is 101 Å². The van der Waals surface area contributed by atoms with Gasteiger partial charge in [0.05, 0.1) is 11.4 Å². The quantitative estimate of drug-likeness (QED) is 0.598. The van der Waals surface area contributed by atoms with Gasteiger partial charge in [0.1, 0.15) is 5.82 Å². The van der Waals surface area contributed by atoms with Crippen LogP contribution in [0.15, 0.2) is 83.8 Å². The number of benzene rings is 3. The number of halogens is 1. The van der Waals surface area contributed by atoms with Crippen LogP contribution in [0.4, 0.5) is 4.39 Å². The Kier molecular flexibility index (Phi) is 6.97. The fourth-order valence-corrected chi connectivity index (χ4v) is 4.39. The standard InChI is InChI=1S/C23H23FN2O3S/c1-18-6-5-9-20(14-18)15-25-23(27)17-26(16-19-7-3-2-4-8-19)30(28,29)22-12-10-21(24)11-13-22/h2-14H,15-17H2,1H3,(H,25,27). The first-order chi connectivity index (χ1) is 14.3. The van der Waals surface area contributed by atoms with Crippen molar-refractivity contribution in [3.8, 4) is 0 Å². The van der Waals surface area contributed by atoms with E-state index in [0.717, 1.165) is 33.1 Å². The molecular formula is C23H23FN2O3S. The van der Waals surface area contributed by atoms with E-state index in [1.165, 1.54) is 12.1 Å². The highest BCUT2D eigenvalue weighted by molar-refractivity contribution is 7.89. The summed E-state index contributed by atoms with van der Waals surface area (Å²) in [5.74, 6) is -0.947. The first kappa shape index (κ1) is 21.7. The van der Waals surface area contributed by atoms with Gasteiger partial charge >= 0.3 is 0 Å². The Bertz CT molecular complexity index is 1100. The lowest BCUT2D eigenvalue weighted by molar-refractivity contribution is -0.121. The molecule has 0 atom stereocenters. The third-order valence-corrected chi connectivity index (χ3v) is 6.35. The number of rotatable bonds is 8. The number of nitrogens with zero attached hydrogens (tertiary/aromatic N) is 1. The van der Waals surface area contributed by atoms with Gasteiger partial charge in [-0.3, -0.25) is 4.79 Å². The van der Waals surface area contributed by atoms with Crippen LogP contribution in [0, 0.1) is 12.7 Å². The predicted octanol–water partition coefficient (Wildman–Crippen LogP) is 3.64. The number of nitrogens with one attached hydrogen (secondary N) is 1. The molecule has 0 aliphatic rings. The van der Waals surface area contributed by atoms with Crippen LogP contribution < -0.4 is 5.32 Å². The zero-order valence-electron chi connectivity index (χ0n) is 16.6. The molecule has 1 N–H and O–H groups in total. The molecule has 0 aliphatic carbocycles. The third-order valence-electron chi connectivity index (χ3n) is 4.55. The second kappa shape index (κ2) is 9.65. The van der Waals surface area contributed by atoms with Crippen molar-refractivity contribution in [1.82, 2.24) is 9.62 Å². The van der Waals surface area contributed by atoms with Gasteiger partial charge < -0.3 is 5.32 Å². The average Bonchev–Trinajstić information content (AvgIpc) is 2.73. The minimum absolute atomic E-state index is 0.0262. The Labute approximate surface area is 176 Å². The second-order valence-corrected chi connectivity index (χ2v) is 8.92. The molecule has 3 rings (SSSR count). The zero-order chi connectivity index (χ0) is 21.6. The SMILES string of the molecule is Cc1cccc(CNC(=O)CN(Cc2ccccc2)S(=O)(=O)c2ccc(F)cc2)c1. The van der Waals surface area contributed by atoms with E-state index in [2.05, 4.69) is 5.32 Å². The largest absolute Gasteiger partial charge is 0.351 e. The number of aryl methyl sites for hydroxylation is 1. The van der Waals surface area contributed by atoms with E-state index in [9.17, 15) is 17.6 Å². The average molecular weight is 427 g/mol. The smallest absolute Gasteiger partial charge is 0.243 e. The van der Waals surface area contributed by atoms with E-state index in [1.54, 1.807) is 24.3 Å². The van der Waals surface area contributed by atoms with Gasteiger partial charge in [0.2, 0.25) is 15.9 Å². The van der Waals surface area contributed by atoms with Crippen molar-refractivity contribution >= 4 is 15.9 Å². The minimum Gasteiger partial charge on any atom is -0.351 e. The summed E-state index contributed by atoms with van der Waals surface area (Å²) in [6, 6.07) is 21.3. The Balaban J connectivity index is 1.78. The molecule has 0 saturated carbocycles. The Morgan fingerprint density at radius 1 is 0.933 bits per heavy atom. The van der Waals surface area contributed by atoms with Crippen LogP contribution in [0.3, 0.4) is 0 Å². The van der Waals surface area contributed by atoms with Gasteiger partial charge in [0, 0.05) is 13.1 Å². The Morgan fingerprint density at radius 3 is 2.27 bits per heavy atom. The number of hydrogen-bond acceptors (Lipinski definition) is 3. The van der Waals surface area contributed by atoms with E-state index in [1.807, 2.05) is 37.3 Å². The van der Waals surface area contributed by atoms with Crippen LogP contribution in [-0.2, 0) is 27.9 Å². The van der Waals surface area contributed by atoms with Gasteiger partial charge in [-0.2, -0.15) is 4.31 Å². The zero-order valence-corrected chi connectivity index (χ0v) is 17.4. The minimum atomic E-state index is -3.99. The maximum atomic E-state index is 13.3. The van der Waals surface area contributed by atoms with Crippen molar-refractivity contribution < 1.29 is 17.6 Å². The topological polar surface area (TPSA) is 66.5 Å². The molecule has 0 fully saturated rings. The summed E-state index contributed by atoms with van der Waals surface area (Å²) in [6.07, 6.45) is 0. The molecule has 0 radical (unpaired) electrons. The normalized spacial score (nSPS) is 11.4. The van der Waals surface area contributed by atoms with E-state index in [0.29, 0.717) is 6.54 Å². The van der Waals surface area contributed by atoms with Gasteiger partial charge in [-0.25, -0.2) is 12.8 Å². The Morgan fingerprint density at radius 2 is 1.60 bits per heavy atom. The van der Waals surface area contributed by atoms with Gasteiger partial charge in [-0.05, 0) is 42.3 Å². The highest BCUT2D eigenvalue weighted by atomic mass is 32.2. The van der Waals surface area contributed by atoms with Crippen LogP contribution in [0.5, 0.6) is 0 Å². The molecule has 0 spiro atoms. The molecule has 7 heteroatoms. The summed E-state index contributed by atoms with van der Waals surface area (Å²) in [5, 5.41) is 2.77. The number of sulfonamides is 1. The molecule has 5 nitrogen and oxygen atoms in total. The molecule has 30 heavy (non-hydrogen) atoms. The molecule has 0 heterocycles. The summed E-state index contributed by atoms with van der Waals surface area (Å²) in [6.45, 7) is 1.94. The first-order valence-electron chi connectivity index (χ1n) is 9.46. The second-order valence-electron chi connectivity index (χ2n) is 6.98. The van der Waals surface area contributed by atoms with Crippen LogP contribution in [-0.4, -0.2) is 25.2 Å². The molecule has 156 valence electrons. The van der Waals surface area contributed by atoms with Gasteiger partial charge in [0.15, 0.2) is 0 Å². The van der Waals surface area contributed by atoms with Crippen LogP contribution in [0.2, 0.25) is 0 Å². The first-order valence-corrected chi connectivity index (χ1v) is 10.9. The molecular weight excluding hydrogens is 403 g/mol. The van der Waals surface area contributed by atoms with Gasteiger partial charge in [0.25, 0.3) is 0 Å². The maximum Gasteiger partial charge on any atom is 0.243 e. The summed E-state index contributed by atoms with van der Waals surface area (Å²) >= 11 is 0. The van der Waals surface area contributed by atoms with Crippen molar-refractivity contribution in [2.24, 2.45) is 0 Å². The predicted molar refractivity (Wildman–Crippen MR) is 113 cm³/mol. The highest BCUT2D eigenvalue weighted by Gasteiger charge is 2.27. The van der Waals surface area contributed by atoms with E-state index in [4.69, 9.17) is 0 Å². The Hall–Kier alpha value is -3.03. The summed E-state index contributed by atoms with van der Waals surface area (Å²) in [4.78, 5) is 12.5. The molecule has 0 aliphatic heterocycles. The van der Waals surface area contributed by atoms with Crippen LogP contribution in [0.25, 0.3) is 0 Å². The lowest BCUT2D eigenvalue weighted by Gasteiger charge is -2.22. The molecule has 3 aromatic rings. The van der Waals surface area contributed by atoms with Crippen molar-refractivity contribution in [1.29, 1.82) is 0 Å². The lowest BCUT2D eigenvalue weighted by Crippen LogP contribution is -2.40. The number of carbonyl (C=O) groups is 1. The molecule has 3 aromatic carbocycles. The van der Waals surface area contributed by atoms with Crippen LogP contribution >= 0.6 is 0 Å². The highest BCUT2D eigenvalue weighted by Crippen LogP contribution is 2.19. The fraction of sp³-hybridized carbons (Fsp3) is 0.174. The van der Waals surface area contributed by atoms with E-state index in [-0.39, 0.29) is 18.0 Å². The number of hydrogen-bond donors (Lipinski definition) is 1. The van der Waals surface area contributed by atoms with Crippen LogP contribution in [0.1, 0.15) is 16.7 Å². The molecule has 0 aromatic heterocycles. The summed E-state index contributed by atoms with van der Waals surface area (Å²) < 4.78 is 40.6. The maximum absolute atomic E-state index is 13.3. The van der Waals surface area contributed by atoms with Crippen molar-refractivity contribution in [2.75, 3.05) is 6.54 Å². The van der Waals surface area contributed by atoms with Crippen molar-refractivity contribution in [3.63, 3.8) is 0 Å². The summed E-state index contributed by atoms with van der Waals surface area (Å²) in [7, 11) is -3.99. The number of carbonyl (C=O) groups excluding carboxylic acids is 1. The lowest BCUT2D eigenvalue weighted by atomic mass is 10.1.